The van der Waals surface area contributed by atoms with Crippen molar-refractivity contribution < 1.29 is 9.13 Å². The number of aryl methyl sites for hydroxylation is 1. The van der Waals surface area contributed by atoms with Crippen molar-refractivity contribution in [1.82, 2.24) is 0 Å². The summed E-state index contributed by atoms with van der Waals surface area (Å²) in [5, 5.41) is 2.27. The van der Waals surface area contributed by atoms with E-state index >= 15 is 0 Å². The van der Waals surface area contributed by atoms with E-state index in [4.69, 9.17) is 4.74 Å². The average Bonchev–Trinajstić information content (AvgIpc) is 2.48. The molecule has 3 aromatic rings. The van der Waals surface area contributed by atoms with Crippen LogP contribution in [-0.4, -0.2) is 0 Å². The molecule has 0 aliphatic heterocycles. The van der Waals surface area contributed by atoms with Gasteiger partial charge in [-0.1, -0.05) is 34.1 Å². The van der Waals surface area contributed by atoms with Crippen molar-refractivity contribution in [1.29, 1.82) is 0 Å². The second-order valence-corrected chi connectivity index (χ2v) is 5.93. The first-order chi connectivity index (χ1) is 10.1. The molecule has 0 saturated carbocycles. The summed E-state index contributed by atoms with van der Waals surface area (Å²) < 4.78 is 20.1. The zero-order chi connectivity index (χ0) is 14.8. The summed E-state index contributed by atoms with van der Waals surface area (Å²) in [4.78, 5) is 0. The van der Waals surface area contributed by atoms with Crippen molar-refractivity contribution in [2.45, 2.75) is 13.5 Å². The summed E-state index contributed by atoms with van der Waals surface area (Å²) in [5.41, 5.74) is 1.90. The third kappa shape index (κ3) is 3.24. The molecule has 0 unspecified atom stereocenters. The van der Waals surface area contributed by atoms with Crippen molar-refractivity contribution in [3.63, 3.8) is 0 Å². The van der Waals surface area contributed by atoms with E-state index in [9.17, 15) is 4.39 Å². The van der Waals surface area contributed by atoms with Crippen molar-refractivity contribution in [2.24, 2.45) is 0 Å². The second kappa shape index (κ2) is 5.86. The highest BCUT2D eigenvalue weighted by molar-refractivity contribution is 9.10. The van der Waals surface area contributed by atoms with Crippen LogP contribution in [0.2, 0.25) is 0 Å². The first kappa shape index (κ1) is 14.1. The Hall–Kier alpha value is -1.87. The molecule has 0 aromatic heterocycles. The van der Waals surface area contributed by atoms with Gasteiger partial charge in [0.15, 0.2) is 0 Å². The molecule has 3 aromatic carbocycles. The summed E-state index contributed by atoms with van der Waals surface area (Å²) in [5.74, 6) is 0.552. The van der Waals surface area contributed by atoms with Gasteiger partial charge in [-0.15, -0.1) is 0 Å². The highest BCUT2D eigenvalue weighted by Gasteiger charge is 2.03. The zero-order valence-electron chi connectivity index (χ0n) is 11.6. The highest BCUT2D eigenvalue weighted by Crippen LogP contribution is 2.25. The van der Waals surface area contributed by atoms with Crippen LogP contribution in [0.5, 0.6) is 5.75 Å². The van der Waals surface area contributed by atoms with Crippen LogP contribution in [0.25, 0.3) is 10.8 Å². The minimum absolute atomic E-state index is 0.234. The van der Waals surface area contributed by atoms with Gasteiger partial charge >= 0.3 is 0 Å². The molecule has 0 saturated heterocycles. The lowest BCUT2D eigenvalue weighted by atomic mass is 10.1. The Bertz CT molecular complexity index is 798. The Labute approximate surface area is 131 Å². The summed E-state index contributed by atoms with van der Waals surface area (Å²) >= 11 is 3.46. The van der Waals surface area contributed by atoms with Gasteiger partial charge in [-0.3, -0.25) is 0 Å². The third-order valence-electron chi connectivity index (χ3n) is 3.48. The van der Waals surface area contributed by atoms with E-state index in [1.165, 1.54) is 12.1 Å². The van der Waals surface area contributed by atoms with Crippen LogP contribution < -0.4 is 4.74 Å². The fourth-order valence-electron chi connectivity index (χ4n) is 2.24. The van der Waals surface area contributed by atoms with Crippen molar-refractivity contribution in [3.8, 4) is 5.75 Å². The highest BCUT2D eigenvalue weighted by atomic mass is 79.9. The van der Waals surface area contributed by atoms with Crippen LogP contribution in [0.4, 0.5) is 4.39 Å². The van der Waals surface area contributed by atoms with Gasteiger partial charge in [0.1, 0.15) is 18.2 Å². The maximum absolute atomic E-state index is 13.3. The quantitative estimate of drug-likeness (QED) is 0.598. The van der Waals surface area contributed by atoms with Gasteiger partial charge in [0.05, 0.1) is 0 Å². The maximum Gasteiger partial charge on any atom is 0.123 e. The summed E-state index contributed by atoms with van der Waals surface area (Å²) in [6.45, 7) is 2.32. The molecule has 0 fully saturated rings. The van der Waals surface area contributed by atoms with Crippen LogP contribution in [0.1, 0.15) is 11.1 Å². The van der Waals surface area contributed by atoms with Crippen molar-refractivity contribution in [2.75, 3.05) is 0 Å². The molecule has 21 heavy (non-hydrogen) atoms. The number of benzene rings is 3. The molecule has 0 bridgehead atoms. The van der Waals surface area contributed by atoms with Crippen LogP contribution in [0.3, 0.4) is 0 Å². The first-order valence-corrected chi connectivity index (χ1v) is 7.48. The van der Waals surface area contributed by atoms with Gasteiger partial charge in [-0.25, -0.2) is 4.39 Å². The Kier molecular flexibility index (Phi) is 3.93. The molecule has 0 radical (unpaired) electrons. The van der Waals surface area contributed by atoms with E-state index in [0.717, 1.165) is 32.1 Å². The SMILES string of the molecule is Cc1ccc(F)cc1COc1ccc2cc(Br)ccc2c1. The Balaban J connectivity index is 1.82. The molecular weight excluding hydrogens is 331 g/mol. The van der Waals surface area contributed by atoms with Crippen LogP contribution in [0, 0.1) is 12.7 Å². The molecule has 106 valence electrons. The van der Waals surface area contributed by atoms with Gasteiger partial charge in [0.2, 0.25) is 0 Å². The summed E-state index contributed by atoms with van der Waals surface area (Å²) in [6.07, 6.45) is 0. The van der Waals surface area contributed by atoms with Gasteiger partial charge in [0.25, 0.3) is 0 Å². The Morgan fingerprint density at radius 3 is 2.57 bits per heavy atom. The van der Waals surface area contributed by atoms with E-state index < -0.39 is 0 Å². The molecule has 0 atom stereocenters. The van der Waals surface area contributed by atoms with Crippen molar-refractivity contribution in [3.05, 3.63) is 76.0 Å². The van der Waals surface area contributed by atoms with E-state index in [1.807, 2.05) is 37.3 Å². The van der Waals surface area contributed by atoms with Crippen LogP contribution in [0.15, 0.2) is 59.1 Å². The average molecular weight is 345 g/mol. The van der Waals surface area contributed by atoms with Crippen LogP contribution >= 0.6 is 15.9 Å². The van der Waals surface area contributed by atoms with E-state index in [1.54, 1.807) is 6.07 Å². The predicted octanol–water partition coefficient (Wildman–Crippen LogP) is 5.63. The molecule has 0 aliphatic rings. The largest absolute Gasteiger partial charge is 0.489 e. The van der Waals surface area contributed by atoms with Crippen molar-refractivity contribution >= 4 is 26.7 Å². The second-order valence-electron chi connectivity index (χ2n) is 5.01. The van der Waals surface area contributed by atoms with Gasteiger partial charge in [-0.05, 0) is 65.2 Å². The smallest absolute Gasteiger partial charge is 0.123 e. The predicted molar refractivity (Wildman–Crippen MR) is 87.1 cm³/mol. The lowest BCUT2D eigenvalue weighted by Crippen LogP contribution is -1.98. The standard InChI is InChI=1S/C18H14BrFO/c1-12-2-6-17(20)9-15(12)11-21-18-7-4-13-8-16(19)5-3-14(13)10-18/h2-10H,11H2,1H3. The van der Waals surface area contributed by atoms with E-state index in [-0.39, 0.29) is 5.82 Å². The third-order valence-corrected chi connectivity index (χ3v) is 3.97. The minimum Gasteiger partial charge on any atom is -0.489 e. The number of hydrogen-bond acceptors (Lipinski definition) is 1. The molecule has 0 heterocycles. The number of fused-ring (bicyclic) bond motifs is 1. The normalized spacial score (nSPS) is 10.8. The van der Waals surface area contributed by atoms with Gasteiger partial charge < -0.3 is 4.74 Å². The fraction of sp³-hybridized carbons (Fsp3) is 0.111. The van der Waals surface area contributed by atoms with E-state index in [2.05, 4.69) is 22.0 Å². The van der Waals surface area contributed by atoms with E-state index in [0.29, 0.717) is 6.61 Å². The molecule has 0 aliphatic carbocycles. The lowest BCUT2D eigenvalue weighted by molar-refractivity contribution is 0.305. The first-order valence-electron chi connectivity index (χ1n) is 6.69. The number of rotatable bonds is 3. The number of hydrogen-bond donors (Lipinski definition) is 0. The lowest BCUT2D eigenvalue weighted by Gasteiger charge is -2.10. The molecule has 3 heteroatoms. The monoisotopic (exact) mass is 344 g/mol. The Morgan fingerprint density at radius 1 is 0.952 bits per heavy atom. The van der Waals surface area contributed by atoms with Gasteiger partial charge in [-0.2, -0.15) is 0 Å². The summed E-state index contributed by atoms with van der Waals surface area (Å²) in [7, 11) is 0. The number of ether oxygens (including phenoxy) is 1. The van der Waals surface area contributed by atoms with Crippen LogP contribution in [-0.2, 0) is 6.61 Å². The molecule has 0 spiro atoms. The molecule has 3 rings (SSSR count). The number of halogens is 2. The molecule has 0 amide bonds. The zero-order valence-corrected chi connectivity index (χ0v) is 13.2. The molecule has 1 nitrogen and oxygen atoms in total. The summed E-state index contributed by atoms with van der Waals surface area (Å²) in [6, 6.07) is 16.8. The Morgan fingerprint density at radius 2 is 1.71 bits per heavy atom. The maximum atomic E-state index is 13.3. The minimum atomic E-state index is -0.234. The fourth-order valence-corrected chi connectivity index (χ4v) is 2.62. The van der Waals surface area contributed by atoms with Gasteiger partial charge in [0, 0.05) is 4.47 Å². The topological polar surface area (TPSA) is 9.23 Å². The molecule has 0 N–H and O–H groups in total. The molecular formula is C18H14BrFO.